The van der Waals surface area contributed by atoms with Crippen LogP contribution in [0.5, 0.6) is 0 Å². The average Bonchev–Trinajstić information content (AvgIpc) is 3.21. The number of imidazole rings is 1. The van der Waals surface area contributed by atoms with Crippen molar-refractivity contribution in [2.75, 3.05) is 6.54 Å². The number of aldehydes is 1. The van der Waals surface area contributed by atoms with E-state index < -0.39 is 0 Å². The molecule has 0 aliphatic carbocycles. The lowest BCUT2D eigenvalue weighted by molar-refractivity contribution is 0.111. The van der Waals surface area contributed by atoms with Gasteiger partial charge in [-0.25, -0.2) is 9.37 Å². The van der Waals surface area contributed by atoms with Gasteiger partial charge in [-0.15, -0.1) is 0 Å². The Kier molecular flexibility index (Phi) is 4.50. The highest BCUT2D eigenvalue weighted by Gasteiger charge is 2.28. The van der Waals surface area contributed by atoms with Crippen molar-refractivity contribution in [2.45, 2.75) is 31.7 Å². The number of carbonyl (C=O) groups is 1. The van der Waals surface area contributed by atoms with Crippen molar-refractivity contribution in [1.29, 1.82) is 5.41 Å². The maximum Gasteiger partial charge on any atom is 0.167 e. The van der Waals surface area contributed by atoms with Crippen LogP contribution in [0.2, 0.25) is 0 Å². The summed E-state index contributed by atoms with van der Waals surface area (Å²) in [5, 5.41) is 8.34. The molecule has 1 saturated heterocycles. The molecule has 1 atom stereocenters. The van der Waals surface area contributed by atoms with E-state index in [1.54, 1.807) is 12.1 Å². The zero-order valence-corrected chi connectivity index (χ0v) is 12.8. The number of carbonyl (C=O) groups excluding carboxylic acids is 1. The predicted molar refractivity (Wildman–Crippen MR) is 85.1 cm³/mol. The number of benzene rings is 1. The van der Waals surface area contributed by atoms with Gasteiger partial charge in [-0.1, -0.05) is 12.1 Å². The molecule has 1 aromatic carbocycles. The van der Waals surface area contributed by atoms with Crippen LogP contribution in [0.15, 0.2) is 30.5 Å². The first-order valence-electron chi connectivity index (χ1n) is 7.76. The van der Waals surface area contributed by atoms with Crippen LogP contribution >= 0.6 is 0 Å². The van der Waals surface area contributed by atoms with Gasteiger partial charge in [0.2, 0.25) is 0 Å². The zero-order valence-electron chi connectivity index (χ0n) is 12.8. The maximum atomic E-state index is 13.4. The minimum absolute atomic E-state index is 0.0698. The van der Waals surface area contributed by atoms with Crippen molar-refractivity contribution in [1.82, 2.24) is 14.9 Å². The van der Waals surface area contributed by atoms with Crippen molar-refractivity contribution < 1.29 is 9.18 Å². The average molecular weight is 314 g/mol. The summed E-state index contributed by atoms with van der Waals surface area (Å²) in [7, 11) is 0. The van der Waals surface area contributed by atoms with Gasteiger partial charge in [-0.3, -0.25) is 10.2 Å². The van der Waals surface area contributed by atoms with E-state index in [9.17, 15) is 9.18 Å². The summed E-state index contributed by atoms with van der Waals surface area (Å²) in [6, 6.07) is 6.70. The normalized spacial score (nSPS) is 17.4. The number of hydrogen-bond donors (Lipinski definition) is 2. The molecule has 1 aliphatic rings. The minimum Gasteiger partial charge on any atom is -0.353 e. The first-order chi connectivity index (χ1) is 11.2. The number of aromatic nitrogens is 2. The molecule has 0 amide bonds. The number of amidine groups is 1. The molecule has 2 aromatic rings. The third kappa shape index (κ3) is 3.47. The van der Waals surface area contributed by atoms with Crippen LogP contribution in [0.3, 0.4) is 0 Å². The standard InChI is InChI=1S/C17H19FN4O/c18-13-4-1-3-12(9-13)15-5-2-8-22(15)16(19)6-7-17-20-10-14(11-23)21-17/h1,3-4,9-11,15,19H,2,5-8H2,(H,20,21)/t15-/m1/s1. The highest BCUT2D eigenvalue weighted by Crippen LogP contribution is 2.32. The fourth-order valence-electron chi connectivity index (χ4n) is 3.10. The summed E-state index contributed by atoms with van der Waals surface area (Å²) in [6.45, 7) is 0.817. The summed E-state index contributed by atoms with van der Waals surface area (Å²) in [5.74, 6) is 0.997. The molecule has 0 bridgehead atoms. The molecule has 2 heterocycles. The van der Waals surface area contributed by atoms with E-state index in [2.05, 4.69) is 9.97 Å². The third-order valence-electron chi connectivity index (χ3n) is 4.21. The molecular formula is C17H19FN4O. The molecular weight excluding hydrogens is 295 g/mol. The fraction of sp³-hybridized carbons (Fsp3) is 0.353. The van der Waals surface area contributed by atoms with Crippen LogP contribution in [0.4, 0.5) is 4.39 Å². The zero-order chi connectivity index (χ0) is 16.2. The van der Waals surface area contributed by atoms with Gasteiger partial charge in [0.15, 0.2) is 6.29 Å². The molecule has 1 fully saturated rings. The molecule has 5 nitrogen and oxygen atoms in total. The van der Waals surface area contributed by atoms with Gasteiger partial charge in [0.1, 0.15) is 11.6 Å². The number of rotatable bonds is 5. The summed E-state index contributed by atoms with van der Waals surface area (Å²) in [5.41, 5.74) is 1.37. The number of nitrogens with zero attached hydrogens (tertiary/aromatic N) is 2. The molecule has 0 radical (unpaired) electrons. The molecule has 0 spiro atoms. The Balaban J connectivity index is 1.65. The fourth-order valence-corrected chi connectivity index (χ4v) is 3.10. The van der Waals surface area contributed by atoms with Gasteiger partial charge in [-0.05, 0) is 30.5 Å². The van der Waals surface area contributed by atoms with E-state index in [1.165, 1.54) is 12.3 Å². The SMILES string of the molecule is N=C(CCc1ncc(C=O)[nH]1)N1CCC[C@@H]1c1cccc(F)c1. The van der Waals surface area contributed by atoms with Crippen LogP contribution in [0.1, 0.15) is 47.2 Å². The Bertz CT molecular complexity index is 712. The number of nitrogens with one attached hydrogen (secondary N) is 2. The van der Waals surface area contributed by atoms with Gasteiger partial charge in [-0.2, -0.15) is 0 Å². The monoisotopic (exact) mass is 314 g/mol. The first kappa shape index (κ1) is 15.4. The van der Waals surface area contributed by atoms with Crippen LogP contribution in [0.25, 0.3) is 0 Å². The van der Waals surface area contributed by atoms with Crippen molar-refractivity contribution in [2.24, 2.45) is 0 Å². The third-order valence-corrected chi connectivity index (χ3v) is 4.21. The van der Waals surface area contributed by atoms with Gasteiger partial charge < -0.3 is 9.88 Å². The van der Waals surface area contributed by atoms with Gasteiger partial charge in [0.25, 0.3) is 0 Å². The second kappa shape index (κ2) is 6.73. The minimum atomic E-state index is -0.238. The Morgan fingerprint density at radius 2 is 2.39 bits per heavy atom. The molecule has 3 rings (SSSR count). The molecule has 120 valence electrons. The predicted octanol–water partition coefficient (Wildman–Crippen LogP) is 3.11. The van der Waals surface area contributed by atoms with Crippen molar-refractivity contribution in [3.63, 3.8) is 0 Å². The number of hydrogen-bond acceptors (Lipinski definition) is 3. The van der Waals surface area contributed by atoms with Gasteiger partial charge >= 0.3 is 0 Å². The summed E-state index contributed by atoms with van der Waals surface area (Å²) in [4.78, 5) is 19.7. The quantitative estimate of drug-likeness (QED) is 0.506. The Hall–Kier alpha value is -2.50. The summed E-state index contributed by atoms with van der Waals surface area (Å²) in [6.07, 6.45) is 5.28. The van der Waals surface area contributed by atoms with E-state index in [1.807, 2.05) is 11.0 Å². The summed E-state index contributed by atoms with van der Waals surface area (Å²) < 4.78 is 13.4. The van der Waals surface area contributed by atoms with Crippen molar-refractivity contribution in [3.05, 3.63) is 53.4 Å². The lowest BCUT2D eigenvalue weighted by Gasteiger charge is -2.27. The number of halogens is 1. The molecule has 0 unspecified atom stereocenters. The molecule has 23 heavy (non-hydrogen) atoms. The van der Waals surface area contributed by atoms with E-state index in [-0.39, 0.29) is 11.9 Å². The summed E-state index contributed by atoms with van der Waals surface area (Å²) >= 11 is 0. The number of aryl methyl sites for hydroxylation is 1. The first-order valence-corrected chi connectivity index (χ1v) is 7.76. The maximum absolute atomic E-state index is 13.4. The molecule has 6 heteroatoms. The van der Waals surface area contributed by atoms with Gasteiger partial charge in [0, 0.05) is 19.4 Å². The number of H-pyrrole nitrogens is 1. The Morgan fingerprint density at radius 3 is 3.13 bits per heavy atom. The lowest BCUT2D eigenvalue weighted by atomic mass is 10.0. The van der Waals surface area contributed by atoms with E-state index >= 15 is 0 Å². The van der Waals surface area contributed by atoms with Crippen LogP contribution in [-0.4, -0.2) is 33.5 Å². The number of likely N-dealkylation sites (tertiary alicyclic amines) is 1. The van der Waals surface area contributed by atoms with Crippen LogP contribution < -0.4 is 0 Å². The van der Waals surface area contributed by atoms with Gasteiger partial charge in [0.05, 0.1) is 23.8 Å². The Labute approximate surface area is 134 Å². The van der Waals surface area contributed by atoms with Crippen LogP contribution in [0, 0.1) is 11.2 Å². The molecule has 1 aromatic heterocycles. The highest BCUT2D eigenvalue weighted by atomic mass is 19.1. The molecule has 0 saturated carbocycles. The van der Waals surface area contributed by atoms with E-state index in [0.717, 1.165) is 31.2 Å². The highest BCUT2D eigenvalue weighted by molar-refractivity contribution is 5.80. The number of aromatic amines is 1. The van der Waals surface area contributed by atoms with Crippen LogP contribution in [-0.2, 0) is 6.42 Å². The smallest absolute Gasteiger partial charge is 0.167 e. The largest absolute Gasteiger partial charge is 0.353 e. The second-order valence-corrected chi connectivity index (χ2v) is 5.76. The van der Waals surface area contributed by atoms with E-state index in [0.29, 0.717) is 30.2 Å². The second-order valence-electron chi connectivity index (χ2n) is 5.76. The topological polar surface area (TPSA) is 72.8 Å². The van der Waals surface area contributed by atoms with Crippen molar-refractivity contribution in [3.8, 4) is 0 Å². The molecule has 2 N–H and O–H groups in total. The van der Waals surface area contributed by atoms with Crippen molar-refractivity contribution >= 4 is 12.1 Å². The lowest BCUT2D eigenvalue weighted by Crippen LogP contribution is -2.30. The van der Waals surface area contributed by atoms with E-state index in [4.69, 9.17) is 5.41 Å². The molecule has 1 aliphatic heterocycles. The Morgan fingerprint density at radius 1 is 1.52 bits per heavy atom.